The number of aryl methyl sites for hydroxylation is 1. The quantitative estimate of drug-likeness (QED) is 0.780. The van der Waals surface area contributed by atoms with Gasteiger partial charge in [-0.2, -0.15) is 0 Å². The molecule has 17 heavy (non-hydrogen) atoms. The highest BCUT2D eigenvalue weighted by molar-refractivity contribution is 9.10. The van der Waals surface area contributed by atoms with Gasteiger partial charge in [0.05, 0.1) is 6.54 Å². The van der Waals surface area contributed by atoms with Gasteiger partial charge in [-0.3, -0.25) is 0 Å². The molecule has 1 unspecified atom stereocenters. The van der Waals surface area contributed by atoms with E-state index in [0.29, 0.717) is 0 Å². The Morgan fingerprint density at radius 2 is 2.18 bits per heavy atom. The average molecular weight is 302 g/mol. The van der Waals surface area contributed by atoms with Crippen LogP contribution in [0.2, 0.25) is 0 Å². The first-order valence-electron chi connectivity index (χ1n) is 5.35. The molecule has 0 saturated carbocycles. The molecule has 0 fully saturated rings. The molecule has 1 aromatic rings. The van der Waals surface area contributed by atoms with Gasteiger partial charge in [-0.15, -0.1) is 0 Å². The molecule has 0 bridgehead atoms. The van der Waals surface area contributed by atoms with Gasteiger partial charge >= 0.3 is 5.97 Å². The molecule has 0 aliphatic rings. The van der Waals surface area contributed by atoms with Crippen LogP contribution in [0.1, 0.15) is 19.4 Å². The number of aliphatic hydroxyl groups is 1. The topological polar surface area (TPSA) is 69.6 Å². The largest absolute Gasteiger partial charge is 0.479 e. The van der Waals surface area contributed by atoms with Crippen LogP contribution in [0.25, 0.3) is 0 Å². The van der Waals surface area contributed by atoms with Gasteiger partial charge in [-0.1, -0.05) is 22.9 Å². The second-order valence-electron chi connectivity index (χ2n) is 4.09. The van der Waals surface area contributed by atoms with E-state index in [-0.39, 0.29) is 6.54 Å². The molecule has 0 aromatic heterocycles. The SMILES string of the molecule is CCc1cc(Br)ccc1NCC(C)(O)C(=O)O. The molecule has 4 nitrogen and oxygen atoms in total. The molecule has 3 N–H and O–H groups in total. The Balaban J connectivity index is 2.79. The number of benzene rings is 1. The fourth-order valence-electron chi connectivity index (χ4n) is 1.37. The lowest BCUT2D eigenvalue weighted by atomic mass is 10.1. The molecular weight excluding hydrogens is 286 g/mol. The van der Waals surface area contributed by atoms with E-state index in [9.17, 15) is 9.90 Å². The average Bonchev–Trinajstić information content (AvgIpc) is 2.27. The molecule has 0 saturated heterocycles. The number of carboxylic acids is 1. The Morgan fingerprint density at radius 3 is 2.71 bits per heavy atom. The molecule has 5 heteroatoms. The lowest BCUT2D eigenvalue weighted by Crippen LogP contribution is -2.41. The Labute approximate surface area is 109 Å². The van der Waals surface area contributed by atoms with Crippen molar-refractivity contribution in [2.75, 3.05) is 11.9 Å². The van der Waals surface area contributed by atoms with Crippen LogP contribution >= 0.6 is 15.9 Å². The number of nitrogens with one attached hydrogen (secondary N) is 1. The summed E-state index contributed by atoms with van der Waals surface area (Å²) in [4.78, 5) is 10.8. The minimum absolute atomic E-state index is 0.0308. The third-order valence-electron chi connectivity index (χ3n) is 2.53. The van der Waals surface area contributed by atoms with E-state index in [1.807, 2.05) is 25.1 Å². The Morgan fingerprint density at radius 1 is 1.53 bits per heavy atom. The third kappa shape index (κ3) is 3.71. The lowest BCUT2D eigenvalue weighted by molar-refractivity contribution is -0.155. The molecular formula is C12H16BrNO3. The van der Waals surface area contributed by atoms with E-state index in [1.54, 1.807) is 0 Å². The standard InChI is InChI=1S/C12H16BrNO3/c1-3-8-6-9(13)4-5-10(8)14-7-12(2,17)11(15)16/h4-6,14,17H,3,7H2,1-2H3,(H,15,16). The van der Waals surface area contributed by atoms with Crippen LogP contribution in [0, 0.1) is 0 Å². The number of hydrogen-bond acceptors (Lipinski definition) is 3. The smallest absolute Gasteiger partial charge is 0.337 e. The maximum atomic E-state index is 10.8. The number of rotatable bonds is 5. The van der Waals surface area contributed by atoms with Gasteiger partial charge in [0.2, 0.25) is 0 Å². The highest BCUT2D eigenvalue weighted by Crippen LogP contribution is 2.22. The van der Waals surface area contributed by atoms with Crippen molar-refractivity contribution in [1.82, 2.24) is 0 Å². The van der Waals surface area contributed by atoms with Crippen LogP contribution in [0.5, 0.6) is 0 Å². The summed E-state index contributed by atoms with van der Waals surface area (Å²) in [6, 6.07) is 5.70. The summed E-state index contributed by atoms with van der Waals surface area (Å²) in [6.45, 7) is 3.26. The molecule has 0 spiro atoms. The highest BCUT2D eigenvalue weighted by atomic mass is 79.9. The van der Waals surface area contributed by atoms with Crippen molar-refractivity contribution >= 4 is 27.6 Å². The molecule has 94 valence electrons. The second kappa shape index (κ2) is 5.51. The highest BCUT2D eigenvalue weighted by Gasteiger charge is 2.29. The van der Waals surface area contributed by atoms with Gasteiger partial charge in [0.1, 0.15) is 0 Å². The van der Waals surface area contributed by atoms with Gasteiger partial charge in [-0.05, 0) is 37.1 Å². The number of halogens is 1. The van der Waals surface area contributed by atoms with Gasteiger partial charge in [0, 0.05) is 10.2 Å². The summed E-state index contributed by atoms with van der Waals surface area (Å²) in [5.74, 6) is -1.24. The van der Waals surface area contributed by atoms with Crippen molar-refractivity contribution in [2.24, 2.45) is 0 Å². The summed E-state index contributed by atoms with van der Waals surface area (Å²) in [7, 11) is 0. The number of carboxylic acid groups (broad SMARTS) is 1. The zero-order valence-electron chi connectivity index (χ0n) is 9.83. The van der Waals surface area contributed by atoms with E-state index >= 15 is 0 Å². The van der Waals surface area contributed by atoms with Crippen molar-refractivity contribution in [1.29, 1.82) is 0 Å². The molecule has 0 radical (unpaired) electrons. The third-order valence-corrected chi connectivity index (χ3v) is 3.03. The fraction of sp³-hybridized carbons (Fsp3) is 0.417. The van der Waals surface area contributed by atoms with Crippen molar-refractivity contribution in [3.8, 4) is 0 Å². The monoisotopic (exact) mass is 301 g/mol. The predicted molar refractivity (Wildman–Crippen MR) is 70.3 cm³/mol. The van der Waals surface area contributed by atoms with E-state index in [1.165, 1.54) is 6.92 Å². The lowest BCUT2D eigenvalue weighted by Gasteiger charge is -2.20. The van der Waals surface area contributed by atoms with Crippen molar-refractivity contribution in [3.05, 3.63) is 28.2 Å². The van der Waals surface area contributed by atoms with E-state index < -0.39 is 11.6 Å². The molecule has 0 amide bonds. The molecule has 1 aromatic carbocycles. The van der Waals surface area contributed by atoms with E-state index in [0.717, 1.165) is 22.1 Å². The van der Waals surface area contributed by atoms with E-state index in [2.05, 4.69) is 21.2 Å². The fourth-order valence-corrected chi connectivity index (χ4v) is 1.78. The Bertz CT molecular complexity index is 418. The van der Waals surface area contributed by atoms with Crippen molar-refractivity contribution in [3.63, 3.8) is 0 Å². The van der Waals surface area contributed by atoms with E-state index in [4.69, 9.17) is 5.11 Å². The number of hydrogen-bond donors (Lipinski definition) is 3. The normalized spacial score (nSPS) is 14.1. The number of aliphatic carboxylic acids is 1. The first kappa shape index (κ1) is 14.0. The van der Waals surface area contributed by atoms with Crippen molar-refractivity contribution in [2.45, 2.75) is 25.9 Å². The van der Waals surface area contributed by atoms with Crippen LogP contribution in [-0.4, -0.2) is 28.3 Å². The van der Waals surface area contributed by atoms with Crippen LogP contribution in [-0.2, 0) is 11.2 Å². The molecule has 0 heterocycles. The summed E-state index contributed by atoms with van der Waals surface area (Å²) < 4.78 is 0.977. The minimum Gasteiger partial charge on any atom is -0.479 e. The maximum absolute atomic E-state index is 10.8. The Hall–Kier alpha value is -1.07. The summed E-state index contributed by atoms with van der Waals surface area (Å²) in [5.41, 5.74) is 0.149. The summed E-state index contributed by atoms with van der Waals surface area (Å²) in [6.07, 6.45) is 0.830. The number of anilines is 1. The van der Waals surface area contributed by atoms with Gasteiger partial charge in [0.25, 0.3) is 0 Å². The maximum Gasteiger partial charge on any atom is 0.337 e. The minimum atomic E-state index is -1.77. The van der Waals surface area contributed by atoms with Gasteiger partial charge in [-0.25, -0.2) is 4.79 Å². The zero-order chi connectivity index (χ0) is 13.1. The Kier molecular flexibility index (Phi) is 4.54. The first-order chi connectivity index (χ1) is 7.86. The van der Waals surface area contributed by atoms with Crippen LogP contribution in [0.3, 0.4) is 0 Å². The first-order valence-corrected chi connectivity index (χ1v) is 6.14. The van der Waals surface area contributed by atoms with Gasteiger partial charge < -0.3 is 15.5 Å². The molecule has 1 rings (SSSR count). The number of carbonyl (C=O) groups is 1. The van der Waals surface area contributed by atoms with Crippen LogP contribution in [0.4, 0.5) is 5.69 Å². The molecule has 1 atom stereocenters. The van der Waals surface area contributed by atoms with Crippen LogP contribution in [0.15, 0.2) is 22.7 Å². The van der Waals surface area contributed by atoms with Crippen molar-refractivity contribution < 1.29 is 15.0 Å². The van der Waals surface area contributed by atoms with Gasteiger partial charge in [0.15, 0.2) is 5.60 Å². The van der Waals surface area contributed by atoms with Crippen LogP contribution < -0.4 is 5.32 Å². The molecule has 0 aliphatic carbocycles. The second-order valence-corrected chi connectivity index (χ2v) is 5.00. The molecule has 0 aliphatic heterocycles. The zero-order valence-corrected chi connectivity index (χ0v) is 11.4. The summed E-state index contributed by atoms with van der Waals surface area (Å²) >= 11 is 3.38. The predicted octanol–water partition coefficient (Wildman–Crippen LogP) is 2.26. The summed E-state index contributed by atoms with van der Waals surface area (Å²) in [5, 5.41) is 21.4.